The van der Waals surface area contributed by atoms with Gasteiger partial charge in [0, 0.05) is 17.5 Å². The van der Waals surface area contributed by atoms with Gasteiger partial charge in [-0.25, -0.2) is 4.98 Å². The van der Waals surface area contributed by atoms with Crippen molar-refractivity contribution in [3.05, 3.63) is 76.9 Å². The molecule has 3 aromatic heterocycles. The van der Waals surface area contributed by atoms with Crippen molar-refractivity contribution in [1.29, 1.82) is 0 Å². The Kier molecular flexibility index (Phi) is 5.50. The van der Waals surface area contributed by atoms with Crippen LogP contribution in [0.15, 0.2) is 75.1 Å². The maximum atomic E-state index is 12.9. The summed E-state index contributed by atoms with van der Waals surface area (Å²) in [5, 5.41) is 4.66. The zero-order valence-corrected chi connectivity index (χ0v) is 18.9. The van der Waals surface area contributed by atoms with Crippen LogP contribution in [0.4, 0.5) is 0 Å². The van der Waals surface area contributed by atoms with E-state index >= 15 is 0 Å². The highest BCUT2D eigenvalue weighted by Gasteiger charge is 2.15. The van der Waals surface area contributed by atoms with E-state index in [1.165, 1.54) is 23.1 Å². The molecular formula is C23H18N4O3S2. The molecule has 0 N–H and O–H groups in total. The van der Waals surface area contributed by atoms with E-state index in [2.05, 4.69) is 10.1 Å². The topological polar surface area (TPSA) is 83.0 Å². The van der Waals surface area contributed by atoms with Crippen molar-refractivity contribution in [1.82, 2.24) is 19.7 Å². The predicted molar refractivity (Wildman–Crippen MR) is 126 cm³/mol. The third-order valence-corrected chi connectivity index (χ3v) is 7.07. The number of aromatic nitrogens is 4. The monoisotopic (exact) mass is 462 g/mol. The molecule has 5 rings (SSSR count). The van der Waals surface area contributed by atoms with Crippen molar-refractivity contribution < 1.29 is 9.26 Å². The van der Waals surface area contributed by atoms with Crippen molar-refractivity contribution in [2.75, 3.05) is 7.11 Å². The molecule has 0 saturated carbocycles. The van der Waals surface area contributed by atoms with E-state index in [-0.39, 0.29) is 5.56 Å². The Balaban J connectivity index is 1.39. The van der Waals surface area contributed by atoms with Gasteiger partial charge in [0.1, 0.15) is 10.4 Å². The second-order valence-electron chi connectivity index (χ2n) is 6.98. The van der Waals surface area contributed by atoms with Crippen LogP contribution >= 0.6 is 23.1 Å². The molecule has 160 valence electrons. The van der Waals surface area contributed by atoms with E-state index in [0.29, 0.717) is 32.8 Å². The smallest absolute Gasteiger partial charge is 0.271 e. The van der Waals surface area contributed by atoms with Gasteiger partial charge in [-0.05, 0) is 23.8 Å². The Hall–Kier alpha value is -3.43. The Labute approximate surface area is 191 Å². The van der Waals surface area contributed by atoms with E-state index in [9.17, 15) is 4.79 Å². The minimum atomic E-state index is -0.0627. The minimum absolute atomic E-state index is 0.0627. The zero-order chi connectivity index (χ0) is 22.1. The summed E-state index contributed by atoms with van der Waals surface area (Å²) in [6, 6.07) is 19.4. The first-order chi connectivity index (χ1) is 15.6. The molecule has 5 aromatic rings. The molecule has 0 aliphatic carbocycles. The summed E-state index contributed by atoms with van der Waals surface area (Å²) >= 11 is 2.85. The molecule has 0 aliphatic rings. The highest BCUT2D eigenvalue weighted by molar-refractivity contribution is 7.98. The number of fused-ring (bicyclic) bond motifs is 1. The Morgan fingerprint density at radius 2 is 1.88 bits per heavy atom. The number of thioether (sulfide) groups is 1. The summed E-state index contributed by atoms with van der Waals surface area (Å²) in [6.45, 7) is 0. The van der Waals surface area contributed by atoms with Gasteiger partial charge in [-0.1, -0.05) is 59.4 Å². The molecule has 3 heterocycles. The lowest BCUT2D eigenvalue weighted by Crippen LogP contribution is -2.18. The van der Waals surface area contributed by atoms with E-state index in [0.717, 1.165) is 21.8 Å². The van der Waals surface area contributed by atoms with Gasteiger partial charge in [0.15, 0.2) is 5.16 Å². The number of ether oxygens (including phenoxy) is 1. The first-order valence-corrected chi connectivity index (χ1v) is 11.6. The van der Waals surface area contributed by atoms with E-state index < -0.39 is 0 Å². The highest BCUT2D eigenvalue weighted by Crippen LogP contribution is 2.32. The maximum Gasteiger partial charge on any atom is 0.271 e. The van der Waals surface area contributed by atoms with Crippen LogP contribution in [0.25, 0.3) is 32.0 Å². The van der Waals surface area contributed by atoms with Crippen molar-refractivity contribution in [2.45, 2.75) is 10.9 Å². The minimum Gasteiger partial charge on any atom is -0.497 e. The molecule has 0 bridgehead atoms. The van der Waals surface area contributed by atoms with Crippen LogP contribution in [0.1, 0.15) is 5.89 Å². The lowest BCUT2D eigenvalue weighted by molar-refractivity contribution is 0.391. The third-order valence-electron chi connectivity index (χ3n) is 4.89. The van der Waals surface area contributed by atoms with Crippen LogP contribution in [0.2, 0.25) is 0 Å². The normalized spacial score (nSPS) is 11.2. The van der Waals surface area contributed by atoms with E-state index in [4.69, 9.17) is 14.2 Å². The van der Waals surface area contributed by atoms with Crippen LogP contribution < -0.4 is 10.3 Å². The second-order valence-corrected chi connectivity index (χ2v) is 8.98. The summed E-state index contributed by atoms with van der Waals surface area (Å²) in [6.07, 6.45) is 0. The number of hydrogen-bond donors (Lipinski definition) is 0. The van der Waals surface area contributed by atoms with Gasteiger partial charge in [0.25, 0.3) is 5.56 Å². The second kappa shape index (κ2) is 8.60. The van der Waals surface area contributed by atoms with Crippen molar-refractivity contribution >= 4 is 33.3 Å². The fourth-order valence-corrected chi connectivity index (χ4v) is 5.11. The van der Waals surface area contributed by atoms with Crippen LogP contribution in [0, 0.1) is 0 Å². The Morgan fingerprint density at radius 3 is 2.69 bits per heavy atom. The number of methoxy groups -OCH3 is 1. The summed E-state index contributed by atoms with van der Waals surface area (Å²) in [5.74, 6) is 2.07. The van der Waals surface area contributed by atoms with Gasteiger partial charge in [-0.2, -0.15) is 4.98 Å². The molecule has 0 saturated heterocycles. The molecule has 0 amide bonds. The Morgan fingerprint density at radius 1 is 1.06 bits per heavy atom. The number of rotatable bonds is 6. The molecule has 0 radical (unpaired) electrons. The van der Waals surface area contributed by atoms with Gasteiger partial charge >= 0.3 is 0 Å². The number of nitrogens with zero attached hydrogens (tertiary/aromatic N) is 4. The standard InChI is InChI=1S/C23H18N4O3S2/c1-27-22(28)20-17(12-18(32-20)14-7-4-3-5-8-14)24-23(27)31-13-19-25-21(26-30-19)15-9-6-10-16(11-15)29-2/h3-12H,13H2,1-2H3. The van der Waals surface area contributed by atoms with Crippen molar-refractivity contribution in [2.24, 2.45) is 7.05 Å². The molecule has 9 heteroatoms. The lowest BCUT2D eigenvalue weighted by Gasteiger charge is -2.05. The average molecular weight is 463 g/mol. The third kappa shape index (κ3) is 3.92. The van der Waals surface area contributed by atoms with Gasteiger partial charge in [-0.15, -0.1) is 11.3 Å². The highest BCUT2D eigenvalue weighted by atomic mass is 32.2. The average Bonchev–Trinajstić information content (AvgIpc) is 3.49. The molecule has 0 spiro atoms. The largest absolute Gasteiger partial charge is 0.497 e. The molecule has 2 aromatic carbocycles. The zero-order valence-electron chi connectivity index (χ0n) is 17.3. The van der Waals surface area contributed by atoms with Crippen LogP contribution in [0.3, 0.4) is 0 Å². The summed E-state index contributed by atoms with van der Waals surface area (Å²) in [5.41, 5.74) is 2.51. The molecule has 0 fully saturated rings. The summed E-state index contributed by atoms with van der Waals surface area (Å²) in [7, 11) is 3.34. The van der Waals surface area contributed by atoms with Crippen molar-refractivity contribution in [3.63, 3.8) is 0 Å². The molecule has 7 nitrogen and oxygen atoms in total. The first-order valence-electron chi connectivity index (χ1n) is 9.78. The number of hydrogen-bond acceptors (Lipinski definition) is 8. The maximum absolute atomic E-state index is 12.9. The van der Waals surface area contributed by atoms with Crippen LogP contribution in [-0.4, -0.2) is 26.8 Å². The van der Waals surface area contributed by atoms with Crippen LogP contribution in [0.5, 0.6) is 5.75 Å². The molecule has 0 aliphatic heterocycles. The van der Waals surface area contributed by atoms with Gasteiger partial charge in [0.05, 0.1) is 18.4 Å². The van der Waals surface area contributed by atoms with Crippen molar-refractivity contribution in [3.8, 4) is 27.6 Å². The van der Waals surface area contributed by atoms with Gasteiger partial charge < -0.3 is 9.26 Å². The van der Waals surface area contributed by atoms with E-state index in [1.807, 2.05) is 60.7 Å². The Bertz CT molecular complexity index is 1460. The SMILES string of the molecule is COc1cccc(-c2noc(CSc3nc4cc(-c5ccccc5)sc4c(=O)n3C)n2)c1. The fraction of sp³-hybridized carbons (Fsp3) is 0.130. The molecule has 32 heavy (non-hydrogen) atoms. The fourth-order valence-electron chi connectivity index (χ4n) is 3.23. The van der Waals surface area contributed by atoms with Crippen LogP contribution in [-0.2, 0) is 12.8 Å². The van der Waals surface area contributed by atoms with Gasteiger partial charge in [-0.3, -0.25) is 9.36 Å². The molecule has 0 unspecified atom stereocenters. The summed E-state index contributed by atoms with van der Waals surface area (Å²) < 4.78 is 12.9. The quantitative estimate of drug-likeness (QED) is 0.259. The van der Waals surface area contributed by atoms with E-state index in [1.54, 1.807) is 18.7 Å². The number of benzene rings is 2. The molecular weight excluding hydrogens is 444 g/mol. The molecule has 0 atom stereocenters. The number of thiophene rings is 1. The first kappa shape index (κ1) is 20.5. The predicted octanol–water partition coefficient (Wildman–Crippen LogP) is 5.01. The summed E-state index contributed by atoms with van der Waals surface area (Å²) in [4.78, 5) is 23.1. The van der Waals surface area contributed by atoms with Gasteiger partial charge in [0.2, 0.25) is 11.7 Å². The lowest BCUT2D eigenvalue weighted by atomic mass is 10.2.